The molecule has 4 nitrogen and oxygen atoms in total. The maximum absolute atomic E-state index is 12.7. The molecule has 0 aliphatic carbocycles. The molecule has 1 N–H and O–H groups in total. The van der Waals surface area contributed by atoms with Crippen molar-refractivity contribution in [1.82, 2.24) is 0 Å². The standard InChI is InChI=1S/C17H25NO3/c1-3-5-9-14(4-2)17(21)18(13-12-16(19)20)15-10-7-6-8-11-15/h6-8,10-11,14H,3-5,9,12-13H2,1-2H3,(H,19,20). The number of para-hydroxylation sites is 1. The fourth-order valence-corrected chi connectivity index (χ4v) is 2.36. The second-order valence-corrected chi connectivity index (χ2v) is 5.22. The van der Waals surface area contributed by atoms with Crippen LogP contribution in [0.15, 0.2) is 30.3 Å². The number of aliphatic carboxylic acids is 1. The Kier molecular flexibility index (Phi) is 7.51. The summed E-state index contributed by atoms with van der Waals surface area (Å²) in [6.45, 7) is 4.34. The molecule has 1 amide bonds. The average Bonchev–Trinajstić information content (AvgIpc) is 2.49. The Labute approximate surface area is 126 Å². The van der Waals surface area contributed by atoms with Gasteiger partial charge in [0.05, 0.1) is 6.42 Å². The number of carbonyl (C=O) groups is 2. The van der Waals surface area contributed by atoms with E-state index in [0.29, 0.717) is 0 Å². The first-order valence-corrected chi connectivity index (χ1v) is 7.68. The number of unbranched alkanes of at least 4 members (excludes halogenated alkanes) is 1. The van der Waals surface area contributed by atoms with Gasteiger partial charge in [0.2, 0.25) is 5.91 Å². The Morgan fingerprint density at radius 1 is 1.19 bits per heavy atom. The summed E-state index contributed by atoms with van der Waals surface area (Å²) in [5.41, 5.74) is 0.777. The van der Waals surface area contributed by atoms with Gasteiger partial charge in [-0.25, -0.2) is 0 Å². The molecule has 1 unspecified atom stereocenters. The van der Waals surface area contributed by atoms with Crippen LogP contribution in [0, 0.1) is 5.92 Å². The summed E-state index contributed by atoms with van der Waals surface area (Å²) in [4.78, 5) is 25.2. The van der Waals surface area contributed by atoms with E-state index in [4.69, 9.17) is 5.11 Å². The van der Waals surface area contributed by atoms with Crippen LogP contribution >= 0.6 is 0 Å². The maximum Gasteiger partial charge on any atom is 0.305 e. The van der Waals surface area contributed by atoms with Crippen molar-refractivity contribution in [2.75, 3.05) is 11.4 Å². The van der Waals surface area contributed by atoms with E-state index in [1.54, 1.807) is 4.90 Å². The van der Waals surface area contributed by atoms with Gasteiger partial charge in [-0.05, 0) is 25.0 Å². The molecule has 1 atom stereocenters. The third kappa shape index (κ3) is 5.58. The molecule has 0 saturated carbocycles. The van der Waals surface area contributed by atoms with E-state index in [9.17, 15) is 9.59 Å². The minimum Gasteiger partial charge on any atom is -0.481 e. The Hall–Kier alpha value is -1.84. The monoisotopic (exact) mass is 291 g/mol. The summed E-state index contributed by atoms with van der Waals surface area (Å²) in [6.07, 6.45) is 3.69. The Balaban J connectivity index is 2.88. The number of carboxylic acids is 1. The van der Waals surface area contributed by atoms with Crippen molar-refractivity contribution in [1.29, 1.82) is 0 Å². The highest BCUT2D eigenvalue weighted by atomic mass is 16.4. The van der Waals surface area contributed by atoms with Crippen LogP contribution in [-0.4, -0.2) is 23.5 Å². The van der Waals surface area contributed by atoms with E-state index in [1.165, 1.54) is 0 Å². The SMILES string of the molecule is CCCCC(CC)C(=O)N(CCC(=O)O)c1ccccc1. The number of hydrogen-bond donors (Lipinski definition) is 1. The van der Waals surface area contributed by atoms with Gasteiger partial charge >= 0.3 is 5.97 Å². The first-order valence-electron chi connectivity index (χ1n) is 7.68. The van der Waals surface area contributed by atoms with Crippen molar-refractivity contribution in [3.63, 3.8) is 0 Å². The Morgan fingerprint density at radius 3 is 2.38 bits per heavy atom. The van der Waals surface area contributed by atoms with Crippen LogP contribution in [0.1, 0.15) is 46.0 Å². The van der Waals surface area contributed by atoms with Gasteiger partial charge in [0.25, 0.3) is 0 Å². The van der Waals surface area contributed by atoms with Crippen LogP contribution in [0.5, 0.6) is 0 Å². The molecule has 1 aromatic rings. The van der Waals surface area contributed by atoms with E-state index < -0.39 is 5.97 Å². The molecule has 4 heteroatoms. The van der Waals surface area contributed by atoms with Gasteiger partial charge in [-0.1, -0.05) is 44.9 Å². The molecule has 0 fully saturated rings. The number of nitrogens with zero attached hydrogens (tertiary/aromatic N) is 1. The van der Waals surface area contributed by atoms with Gasteiger partial charge in [0.15, 0.2) is 0 Å². The molecule has 0 aliphatic heterocycles. The number of anilines is 1. The number of carboxylic acid groups (broad SMARTS) is 1. The lowest BCUT2D eigenvalue weighted by molar-refractivity contribution is -0.136. The third-order valence-electron chi connectivity index (χ3n) is 3.63. The highest BCUT2D eigenvalue weighted by Crippen LogP contribution is 2.21. The fraction of sp³-hybridized carbons (Fsp3) is 0.529. The molecule has 1 rings (SSSR count). The van der Waals surface area contributed by atoms with Crippen molar-refractivity contribution < 1.29 is 14.7 Å². The van der Waals surface area contributed by atoms with Gasteiger partial charge in [0, 0.05) is 18.2 Å². The first-order chi connectivity index (χ1) is 10.1. The van der Waals surface area contributed by atoms with Crippen molar-refractivity contribution in [2.45, 2.75) is 46.0 Å². The molecular formula is C17H25NO3. The lowest BCUT2D eigenvalue weighted by Gasteiger charge is -2.26. The van der Waals surface area contributed by atoms with E-state index in [-0.39, 0.29) is 24.8 Å². The second kappa shape index (κ2) is 9.16. The maximum atomic E-state index is 12.7. The van der Waals surface area contributed by atoms with Crippen LogP contribution in [0.3, 0.4) is 0 Å². The number of carbonyl (C=O) groups excluding carboxylic acids is 1. The molecule has 0 heterocycles. The summed E-state index contributed by atoms with van der Waals surface area (Å²) in [6, 6.07) is 9.32. The molecule has 116 valence electrons. The molecule has 1 aromatic carbocycles. The minimum atomic E-state index is -0.884. The number of hydrogen-bond acceptors (Lipinski definition) is 2. The van der Waals surface area contributed by atoms with Gasteiger partial charge in [-0.15, -0.1) is 0 Å². The van der Waals surface area contributed by atoms with E-state index in [1.807, 2.05) is 37.3 Å². The average molecular weight is 291 g/mol. The number of rotatable bonds is 9. The van der Waals surface area contributed by atoms with Gasteiger partial charge in [-0.3, -0.25) is 9.59 Å². The molecule has 0 aliphatic rings. The normalized spacial score (nSPS) is 11.9. The molecule has 0 aromatic heterocycles. The Bertz CT molecular complexity index is 445. The summed E-state index contributed by atoms with van der Waals surface area (Å²) in [5.74, 6) is -0.873. The van der Waals surface area contributed by atoms with Crippen LogP contribution in [0.2, 0.25) is 0 Å². The third-order valence-corrected chi connectivity index (χ3v) is 3.63. The summed E-state index contributed by atoms with van der Waals surface area (Å²) in [7, 11) is 0. The van der Waals surface area contributed by atoms with Gasteiger partial charge < -0.3 is 10.0 Å². The number of benzene rings is 1. The Morgan fingerprint density at radius 2 is 1.86 bits per heavy atom. The van der Waals surface area contributed by atoms with Crippen LogP contribution in [0.25, 0.3) is 0 Å². The second-order valence-electron chi connectivity index (χ2n) is 5.22. The lowest BCUT2D eigenvalue weighted by atomic mass is 9.97. The zero-order chi connectivity index (χ0) is 15.7. The summed E-state index contributed by atoms with van der Waals surface area (Å²) < 4.78 is 0. The fourth-order valence-electron chi connectivity index (χ4n) is 2.36. The first kappa shape index (κ1) is 17.2. The largest absolute Gasteiger partial charge is 0.481 e. The van der Waals surface area contributed by atoms with Gasteiger partial charge in [0.1, 0.15) is 0 Å². The van der Waals surface area contributed by atoms with E-state index in [2.05, 4.69) is 6.92 Å². The molecule has 0 radical (unpaired) electrons. The van der Waals surface area contributed by atoms with Crippen molar-refractivity contribution in [3.05, 3.63) is 30.3 Å². The number of amides is 1. The quantitative estimate of drug-likeness (QED) is 0.754. The van der Waals surface area contributed by atoms with Crippen LogP contribution in [0.4, 0.5) is 5.69 Å². The zero-order valence-corrected chi connectivity index (χ0v) is 12.9. The molecule has 0 spiro atoms. The van der Waals surface area contributed by atoms with E-state index in [0.717, 1.165) is 31.4 Å². The zero-order valence-electron chi connectivity index (χ0n) is 12.9. The minimum absolute atomic E-state index is 0.0287. The predicted molar refractivity (Wildman–Crippen MR) is 84.4 cm³/mol. The van der Waals surface area contributed by atoms with Crippen molar-refractivity contribution in [2.24, 2.45) is 5.92 Å². The topological polar surface area (TPSA) is 57.6 Å². The van der Waals surface area contributed by atoms with Crippen molar-refractivity contribution in [3.8, 4) is 0 Å². The highest BCUT2D eigenvalue weighted by molar-refractivity contribution is 5.95. The smallest absolute Gasteiger partial charge is 0.305 e. The van der Waals surface area contributed by atoms with Crippen LogP contribution in [-0.2, 0) is 9.59 Å². The summed E-state index contributed by atoms with van der Waals surface area (Å²) in [5, 5.41) is 8.89. The molecule has 21 heavy (non-hydrogen) atoms. The summed E-state index contributed by atoms with van der Waals surface area (Å²) >= 11 is 0. The van der Waals surface area contributed by atoms with Gasteiger partial charge in [-0.2, -0.15) is 0 Å². The van der Waals surface area contributed by atoms with Crippen molar-refractivity contribution >= 4 is 17.6 Å². The van der Waals surface area contributed by atoms with Crippen LogP contribution < -0.4 is 4.90 Å². The lowest BCUT2D eigenvalue weighted by Crippen LogP contribution is -2.37. The molecule has 0 bridgehead atoms. The highest BCUT2D eigenvalue weighted by Gasteiger charge is 2.24. The molecular weight excluding hydrogens is 266 g/mol. The molecule has 0 saturated heterocycles. The van der Waals surface area contributed by atoms with E-state index >= 15 is 0 Å². The predicted octanol–water partition coefficient (Wildman–Crippen LogP) is 3.71.